The number of nitrogens with zero attached hydrogens (tertiary/aromatic N) is 3. The molecule has 2 heterocycles. The van der Waals surface area contributed by atoms with Crippen molar-refractivity contribution >= 4 is 23.0 Å². The number of aromatic nitrogens is 2. The van der Waals surface area contributed by atoms with Crippen molar-refractivity contribution < 1.29 is 4.79 Å². The maximum absolute atomic E-state index is 12.8. The van der Waals surface area contributed by atoms with Crippen LogP contribution in [-0.2, 0) is 0 Å². The van der Waals surface area contributed by atoms with Gasteiger partial charge in [0.1, 0.15) is 0 Å². The molecule has 0 aliphatic heterocycles. The first kappa shape index (κ1) is 17.1. The second-order valence-electron chi connectivity index (χ2n) is 6.55. The molecule has 5 nitrogen and oxygen atoms in total. The number of amides is 1. The largest absolute Gasteiger partial charge is 0.272 e. The third-order valence-corrected chi connectivity index (χ3v) is 4.65. The van der Waals surface area contributed by atoms with Crippen molar-refractivity contribution in [1.82, 2.24) is 15.4 Å². The molecule has 1 atom stereocenters. The van der Waals surface area contributed by atoms with E-state index in [2.05, 4.69) is 32.6 Å². The van der Waals surface area contributed by atoms with Gasteiger partial charge in [-0.25, -0.2) is 10.4 Å². The predicted octanol–water partition coefficient (Wildman–Crippen LogP) is 4.37. The summed E-state index contributed by atoms with van der Waals surface area (Å²) in [5.74, 6) is 0.141. The summed E-state index contributed by atoms with van der Waals surface area (Å²) in [4.78, 5) is 21.8. The molecule has 4 rings (SSSR count). The van der Waals surface area contributed by atoms with E-state index in [9.17, 15) is 4.79 Å². The number of carbonyl (C=O) groups is 1. The van der Waals surface area contributed by atoms with E-state index < -0.39 is 0 Å². The van der Waals surface area contributed by atoms with Crippen LogP contribution in [0.1, 0.15) is 29.6 Å². The van der Waals surface area contributed by atoms with E-state index >= 15 is 0 Å². The molecule has 1 aliphatic rings. The molecule has 0 spiro atoms. The molecule has 1 aromatic carbocycles. The minimum atomic E-state index is -0.242. The fourth-order valence-corrected chi connectivity index (χ4v) is 3.22. The maximum Gasteiger partial charge on any atom is 0.272 e. The van der Waals surface area contributed by atoms with E-state index in [0.29, 0.717) is 17.2 Å². The molecule has 27 heavy (non-hydrogen) atoms. The van der Waals surface area contributed by atoms with Crippen LogP contribution in [0.4, 0.5) is 0 Å². The Hall–Kier alpha value is -3.34. The molecule has 1 amide bonds. The molecule has 5 heteroatoms. The number of hydrazone groups is 1. The number of rotatable bonds is 4. The quantitative estimate of drug-likeness (QED) is 0.429. The topological polar surface area (TPSA) is 67.2 Å². The molecule has 134 valence electrons. The smallest absolute Gasteiger partial charge is 0.267 e. The van der Waals surface area contributed by atoms with Gasteiger partial charge in [-0.15, -0.1) is 0 Å². The van der Waals surface area contributed by atoms with Crippen LogP contribution < -0.4 is 5.43 Å². The highest BCUT2D eigenvalue weighted by Gasteiger charge is 2.14. The molecule has 0 bridgehead atoms. The van der Waals surface area contributed by atoms with Crippen molar-refractivity contribution in [1.29, 1.82) is 0 Å². The Morgan fingerprint density at radius 3 is 2.81 bits per heavy atom. The highest BCUT2D eigenvalue weighted by molar-refractivity contribution is 6.07. The Labute approximate surface area is 157 Å². The molecule has 1 N–H and O–H groups in total. The second kappa shape index (κ2) is 7.91. The fourth-order valence-electron chi connectivity index (χ4n) is 3.22. The monoisotopic (exact) mass is 356 g/mol. The Bertz CT molecular complexity index is 1010. The molecule has 0 radical (unpaired) electrons. The minimum Gasteiger partial charge on any atom is -0.267 e. The van der Waals surface area contributed by atoms with Crippen molar-refractivity contribution in [3.8, 4) is 11.4 Å². The van der Waals surface area contributed by atoms with E-state index in [1.807, 2.05) is 48.7 Å². The molecule has 0 saturated heterocycles. The summed E-state index contributed by atoms with van der Waals surface area (Å²) < 4.78 is 0. The first-order chi connectivity index (χ1) is 13.3. The van der Waals surface area contributed by atoms with E-state index in [1.54, 1.807) is 12.3 Å². The highest BCUT2D eigenvalue weighted by atomic mass is 16.2. The first-order valence-corrected chi connectivity index (χ1v) is 9.11. The summed E-state index contributed by atoms with van der Waals surface area (Å²) >= 11 is 0. The third kappa shape index (κ3) is 3.92. The molecule has 2 aromatic heterocycles. The lowest BCUT2D eigenvalue weighted by molar-refractivity contribution is 0.0956. The van der Waals surface area contributed by atoms with Crippen molar-refractivity contribution in [2.75, 3.05) is 0 Å². The van der Waals surface area contributed by atoms with Gasteiger partial charge in [-0.05, 0) is 49.4 Å². The van der Waals surface area contributed by atoms with Crippen LogP contribution in [0.25, 0.3) is 22.3 Å². The van der Waals surface area contributed by atoms with Crippen LogP contribution in [0.2, 0.25) is 0 Å². The summed E-state index contributed by atoms with van der Waals surface area (Å²) in [7, 11) is 0. The van der Waals surface area contributed by atoms with Crippen molar-refractivity contribution in [3.63, 3.8) is 0 Å². The predicted molar refractivity (Wildman–Crippen MR) is 107 cm³/mol. The van der Waals surface area contributed by atoms with Crippen LogP contribution in [0, 0.1) is 5.92 Å². The lowest BCUT2D eigenvalue weighted by Gasteiger charge is -2.12. The van der Waals surface area contributed by atoms with Crippen LogP contribution in [0.3, 0.4) is 0 Å². The number of pyridine rings is 2. The molecule has 0 unspecified atom stereocenters. The number of hydrogen-bond acceptors (Lipinski definition) is 4. The minimum absolute atomic E-state index is 0.242. The number of fused-ring (bicyclic) bond motifs is 1. The van der Waals surface area contributed by atoms with Gasteiger partial charge >= 0.3 is 0 Å². The van der Waals surface area contributed by atoms with Crippen molar-refractivity contribution in [2.24, 2.45) is 11.0 Å². The zero-order valence-corrected chi connectivity index (χ0v) is 14.9. The molecular formula is C22H20N4O. The number of benzene rings is 1. The maximum atomic E-state index is 12.8. The molecule has 3 aromatic rings. The van der Waals surface area contributed by atoms with Crippen LogP contribution >= 0.6 is 0 Å². The molecule has 0 saturated carbocycles. The Balaban J connectivity index is 1.64. The van der Waals surface area contributed by atoms with E-state index in [1.165, 1.54) is 0 Å². The van der Waals surface area contributed by atoms with Gasteiger partial charge < -0.3 is 0 Å². The highest BCUT2D eigenvalue weighted by Crippen LogP contribution is 2.23. The van der Waals surface area contributed by atoms with Gasteiger partial charge in [0.25, 0.3) is 5.91 Å². The van der Waals surface area contributed by atoms with Gasteiger partial charge in [0.2, 0.25) is 0 Å². The number of allylic oxidation sites excluding steroid dienone is 2. The van der Waals surface area contributed by atoms with Crippen molar-refractivity contribution in [3.05, 3.63) is 72.4 Å². The van der Waals surface area contributed by atoms with Crippen LogP contribution in [-0.4, -0.2) is 22.1 Å². The van der Waals surface area contributed by atoms with Gasteiger partial charge in [-0.1, -0.05) is 36.4 Å². The summed E-state index contributed by atoms with van der Waals surface area (Å²) in [6.45, 7) is 0. The Kier molecular flexibility index (Phi) is 5.01. The molecule has 0 fully saturated rings. The van der Waals surface area contributed by atoms with E-state index in [-0.39, 0.29) is 5.91 Å². The summed E-state index contributed by atoms with van der Waals surface area (Å²) in [5.41, 5.74) is 5.37. The first-order valence-electron chi connectivity index (χ1n) is 9.11. The van der Waals surface area contributed by atoms with E-state index in [0.717, 1.165) is 35.9 Å². The zero-order chi connectivity index (χ0) is 18.5. The number of para-hydroxylation sites is 1. The van der Waals surface area contributed by atoms with Gasteiger partial charge in [0.05, 0.1) is 22.5 Å². The average Bonchev–Trinajstić information content (AvgIpc) is 2.74. The van der Waals surface area contributed by atoms with Crippen LogP contribution in [0.5, 0.6) is 0 Å². The standard InChI is InChI=1S/C22H20N4O/c27-22(26-24-15-16-8-2-1-3-9-16)18-14-21(20-12-6-7-13-23-20)25-19-11-5-4-10-17(18)19/h1-2,4-7,10-16H,3,8-9H2,(H,26,27)/b24-15-/t16-/m1/s1. The SMILES string of the molecule is O=C(N/N=C\[C@@H]1CC=CCC1)c1cc(-c2ccccn2)nc2ccccc12. The van der Waals surface area contributed by atoms with Crippen LogP contribution in [0.15, 0.2) is 72.0 Å². The summed E-state index contributed by atoms with van der Waals surface area (Å²) in [6, 6.07) is 15.0. The summed E-state index contributed by atoms with van der Waals surface area (Å²) in [6.07, 6.45) is 11.0. The van der Waals surface area contributed by atoms with Gasteiger partial charge in [-0.3, -0.25) is 9.78 Å². The van der Waals surface area contributed by atoms with Gasteiger partial charge in [0.15, 0.2) is 0 Å². The Morgan fingerprint density at radius 2 is 2.00 bits per heavy atom. The second-order valence-corrected chi connectivity index (χ2v) is 6.55. The zero-order valence-electron chi connectivity index (χ0n) is 14.9. The molecular weight excluding hydrogens is 336 g/mol. The van der Waals surface area contributed by atoms with Crippen molar-refractivity contribution in [2.45, 2.75) is 19.3 Å². The lowest BCUT2D eigenvalue weighted by atomic mass is 9.96. The summed E-state index contributed by atoms with van der Waals surface area (Å²) in [5, 5.41) is 4.98. The number of hydrogen-bond donors (Lipinski definition) is 1. The molecule has 1 aliphatic carbocycles. The van der Waals surface area contributed by atoms with Gasteiger partial charge in [-0.2, -0.15) is 5.10 Å². The third-order valence-electron chi connectivity index (χ3n) is 4.65. The average molecular weight is 356 g/mol. The van der Waals surface area contributed by atoms with Gasteiger partial charge in [0, 0.05) is 17.8 Å². The number of carbonyl (C=O) groups excluding carboxylic acids is 1. The normalized spacial score (nSPS) is 16.7. The fraction of sp³-hybridized carbons (Fsp3) is 0.182. The Morgan fingerprint density at radius 1 is 1.11 bits per heavy atom. The number of nitrogens with one attached hydrogen (secondary N) is 1. The lowest BCUT2D eigenvalue weighted by Crippen LogP contribution is -2.19. The van der Waals surface area contributed by atoms with E-state index in [4.69, 9.17) is 0 Å².